The second-order valence-corrected chi connectivity index (χ2v) is 6.27. The van der Waals surface area contributed by atoms with Gasteiger partial charge in [-0.1, -0.05) is 30.3 Å². The molecule has 3 rings (SSSR count). The molecule has 0 bridgehead atoms. The molecule has 22 heavy (non-hydrogen) atoms. The van der Waals surface area contributed by atoms with Gasteiger partial charge in [-0.3, -0.25) is 4.79 Å². The molecule has 1 saturated carbocycles. The molecule has 1 heterocycles. The first-order valence-electron chi connectivity index (χ1n) is 8.34. The Morgan fingerprint density at radius 3 is 2.82 bits per heavy atom. The van der Waals surface area contributed by atoms with Gasteiger partial charge in [-0.2, -0.15) is 0 Å². The van der Waals surface area contributed by atoms with E-state index in [1.165, 1.54) is 0 Å². The zero-order valence-electron chi connectivity index (χ0n) is 13.1. The first-order chi connectivity index (χ1) is 10.8. The lowest BCUT2D eigenvalue weighted by atomic mass is 9.95. The van der Waals surface area contributed by atoms with Crippen LogP contribution in [0.5, 0.6) is 0 Å². The number of rotatable bonds is 8. The molecular weight excluding hydrogens is 278 g/mol. The van der Waals surface area contributed by atoms with Crippen molar-refractivity contribution in [2.75, 3.05) is 26.4 Å². The van der Waals surface area contributed by atoms with Crippen LogP contribution in [0, 0.1) is 0 Å². The van der Waals surface area contributed by atoms with E-state index in [0.29, 0.717) is 19.8 Å². The lowest BCUT2D eigenvalue weighted by molar-refractivity contribution is -0.123. The number of amides is 1. The maximum Gasteiger partial charge on any atom is 0.230 e. The summed E-state index contributed by atoms with van der Waals surface area (Å²) in [6.07, 6.45) is 5.30. The number of benzene rings is 1. The summed E-state index contributed by atoms with van der Waals surface area (Å²) in [4.78, 5) is 12.4. The van der Waals surface area contributed by atoms with Gasteiger partial charge in [0.15, 0.2) is 0 Å². The maximum atomic E-state index is 12.4. The number of carbonyl (C=O) groups is 1. The molecular formula is C18H25NO3. The van der Waals surface area contributed by atoms with E-state index in [1.54, 1.807) is 0 Å². The first-order valence-corrected chi connectivity index (χ1v) is 8.34. The van der Waals surface area contributed by atoms with Crippen LogP contribution >= 0.6 is 0 Å². The zero-order valence-corrected chi connectivity index (χ0v) is 13.1. The Balaban J connectivity index is 1.33. The Hall–Kier alpha value is -1.39. The highest BCUT2D eigenvalue weighted by molar-refractivity contribution is 5.91. The summed E-state index contributed by atoms with van der Waals surface area (Å²) in [5.41, 5.74) is 0.877. The molecule has 1 aliphatic carbocycles. The van der Waals surface area contributed by atoms with E-state index >= 15 is 0 Å². The summed E-state index contributed by atoms with van der Waals surface area (Å²) in [7, 11) is 0. The lowest BCUT2D eigenvalue weighted by Crippen LogP contribution is -2.35. The van der Waals surface area contributed by atoms with Gasteiger partial charge in [0.1, 0.15) is 0 Å². The van der Waals surface area contributed by atoms with E-state index in [2.05, 4.69) is 17.4 Å². The maximum absolute atomic E-state index is 12.4. The molecule has 0 spiro atoms. The molecule has 1 N–H and O–H groups in total. The molecule has 1 aromatic carbocycles. The Kier molecular flexibility index (Phi) is 5.11. The molecule has 4 nitrogen and oxygen atoms in total. The second-order valence-electron chi connectivity index (χ2n) is 6.27. The monoisotopic (exact) mass is 303 g/mol. The summed E-state index contributed by atoms with van der Waals surface area (Å²) in [6, 6.07) is 10.1. The summed E-state index contributed by atoms with van der Waals surface area (Å²) in [6.45, 7) is 2.91. The number of nitrogens with one attached hydrogen (secondary N) is 1. The van der Waals surface area contributed by atoms with Gasteiger partial charge in [-0.25, -0.2) is 0 Å². The van der Waals surface area contributed by atoms with Crippen LogP contribution in [-0.4, -0.2) is 38.4 Å². The van der Waals surface area contributed by atoms with Crippen LogP contribution in [0.3, 0.4) is 0 Å². The third-order valence-electron chi connectivity index (χ3n) is 4.59. The van der Waals surface area contributed by atoms with E-state index in [0.717, 1.165) is 44.3 Å². The molecule has 0 radical (unpaired) electrons. The molecule has 2 aliphatic rings. The van der Waals surface area contributed by atoms with Crippen molar-refractivity contribution < 1.29 is 14.3 Å². The Morgan fingerprint density at radius 1 is 1.32 bits per heavy atom. The molecule has 4 heteroatoms. The fourth-order valence-corrected chi connectivity index (χ4v) is 3.06. The zero-order chi connectivity index (χ0) is 15.3. The third-order valence-corrected chi connectivity index (χ3v) is 4.59. The third kappa shape index (κ3) is 3.68. The molecule has 1 aromatic rings. The van der Waals surface area contributed by atoms with Crippen LogP contribution in [0.15, 0.2) is 30.3 Å². The first kappa shape index (κ1) is 15.5. The van der Waals surface area contributed by atoms with Crippen LogP contribution in [0.1, 0.15) is 37.7 Å². The smallest absolute Gasteiger partial charge is 0.230 e. The topological polar surface area (TPSA) is 47.6 Å². The van der Waals surface area contributed by atoms with Gasteiger partial charge in [0.2, 0.25) is 5.91 Å². The normalized spacial score (nSPS) is 22.5. The van der Waals surface area contributed by atoms with Crippen molar-refractivity contribution in [3.8, 4) is 0 Å². The minimum atomic E-state index is -0.264. The average Bonchev–Trinajstić information content (AvgIpc) is 3.21. The molecule has 1 atom stereocenters. The van der Waals surface area contributed by atoms with Gasteiger partial charge in [-0.15, -0.1) is 0 Å². The summed E-state index contributed by atoms with van der Waals surface area (Å²) >= 11 is 0. The standard InChI is InChI=1S/C18H25NO3/c20-17(18(9-10-18)15-6-2-1-3-7-15)19-11-5-12-21-14-16-8-4-13-22-16/h1-3,6-7,16H,4-5,8-14H2,(H,19,20). The largest absolute Gasteiger partial charge is 0.379 e. The fraction of sp³-hybridized carbons (Fsp3) is 0.611. The predicted molar refractivity (Wildman–Crippen MR) is 84.8 cm³/mol. The van der Waals surface area contributed by atoms with Gasteiger partial charge in [0, 0.05) is 19.8 Å². The van der Waals surface area contributed by atoms with E-state index in [4.69, 9.17) is 9.47 Å². The minimum Gasteiger partial charge on any atom is -0.379 e. The van der Waals surface area contributed by atoms with Gasteiger partial charge in [-0.05, 0) is 37.7 Å². The van der Waals surface area contributed by atoms with Gasteiger partial charge in [0.05, 0.1) is 18.1 Å². The second kappa shape index (κ2) is 7.25. The van der Waals surface area contributed by atoms with Gasteiger partial charge >= 0.3 is 0 Å². The van der Waals surface area contributed by atoms with Crippen molar-refractivity contribution in [1.82, 2.24) is 5.32 Å². The van der Waals surface area contributed by atoms with Crippen molar-refractivity contribution in [2.45, 2.75) is 43.6 Å². The Labute approximate surface area is 132 Å². The number of carbonyl (C=O) groups excluding carboxylic acids is 1. The van der Waals surface area contributed by atoms with Crippen molar-refractivity contribution in [1.29, 1.82) is 0 Å². The van der Waals surface area contributed by atoms with Crippen LogP contribution in [0.4, 0.5) is 0 Å². The minimum absolute atomic E-state index is 0.165. The molecule has 0 aromatic heterocycles. The van der Waals surface area contributed by atoms with Gasteiger partial charge in [0.25, 0.3) is 0 Å². The van der Waals surface area contributed by atoms with E-state index in [-0.39, 0.29) is 17.4 Å². The SMILES string of the molecule is O=C(NCCCOCC1CCCO1)C1(c2ccccc2)CC1. The number of ether oxygens (including phenoxy) is 2. The summed E-state index contributed by atoms with van der Waals surface area (Å²) < 4.78 is 11.1. The summed E-state index contributed by atoms with van der Waals surface area (Å²) in [5, 5.41) is 3.06. The van der Waals surface area contributed by atoms with Crippen LogP contribution in [0.2, 0.25) is 0 Å². The van der Waals surface area contributed by atoms with E-state index < -0.39 is 0 Å². The van der Waals surface area contributed by atoms with Crippen molar-refractivity contribution in [2.24, 2.45) is 0 Å². The van der Waals surface area contributed by atoms with E-state index in [9.17, 15) is 4.79 Å². The highest BCUT2D eigenvalue weighted by Crippen LogP contribution is 2.48. The molecule has 1 amide bonds. The predicted octanol–water partition coefficient (Wildman–Crippen LogP) is 2.42. The molecule has 1 unspecified atom stereocenters. The quantitative estimate of drug-likeness (QED) is 0.750. The molecule has 120 valence electrons. The van der Waals surface area contributed by atoms with Crippen molar-refractivity contribution in [3.05, 3.63) is 35.9 Å². The van der Waals surface area contributed by atoms with E-state index in [1.807, 2.05) is 18.2 Å². The number of hydrogen-bond donors (Lipinski definition) is 1. The Bertz CT molecular complexity index is 478. The van der Waals surface area contributed by atoms with Gasteiger partial charge < -0.3 is 14.8 Å². The van der Waals surface area contributed by atoms with Crippen LogP contribution < -0.4 is 5.32 Å². The highest BCUT2D eigenvalue weighted by Gasteiger charge is 2.50. The summed E-state index contributed by atoms with van der Waals surface area (Å²) in [5.74, 6) is 0.165. The number of hydrogen-bond acceptors (Lipinski definition) is 3. The average molecular weight is 303 g/mol. The lowest BCUT2D eigenvalue weighted by Gasteiger charge is -2.16. The van der Waals surface area contributed by atoms with Crippen molar-refractivity contribution >= 4 is 5.91 Å². The van der Waals surface area contributed by atoms with Crippen LogP contribution in [0.25, 0.3) is 0 Å². The van der Waals surface area contributed by atoms with Crippen molar-refractivity contribution in [3.63, 3.8) is 0 Å². The van der Waals surface area contributed by atoms with Crippen LogP contribution in [-0.2, 0) is 19.7 Å². The fourth-order valence-electron chi connectivity index (χ4n) is 3.06. The molecule has 1 saturated heterocycles. The Morgan fingerprint density at radius 2 is 2.14 bits per heavy atom. The molecule has 2 fully saturated rings. The molecule has 1 aliphatic heterocycles. The highest BCUT2D eigenvalue weighted by atomic mass is 16.5.